The molecule has 1 amide bonds. The van der Waals surface area contributed by atoms with Crippen molar-refractivity contribution < 1.29 is 22.8 Å². The Balaban J connectivity index is 1.61. The molecule has 1 aliphatic heterocycles. The van der Waals surface area contributed by atoms with Crippen LogP contribution in [-0.4, -0.2) is 23.3 Å². The highest BCUT2D eigenvalue weighted by molar-refractivity contribution is 8.14. The Morgan fingerprint density at radius 1 is 1.11 bits per heavy atom. The van der Waals surface area contributed by atoms with Gasteiger partial charge in [0.05, 0.1) is 5.75 Å². The lowest BCUT2D eigenvalue weighted by Gasteiger charge is -2.29. The van der Waals surface area contributed by atoms with E-state index in [1.807, 2.05) is 19.1 Å². The Labute approximate surface area is 159 Å². The summed E-state index contributed by atoms with van der Waals surface area (Å²) in [5.74, 6) is -4.70. The molecule has 0 spiro atoms. The number of nitrogens with zero attached hydrogens (tertiary/aromatic N) is 1. The maximum Gasteiger partial charge on any atom is 0.286 e. The number of anilines is 1. The Morgan fingerprint density at radius 2 is 1.81 bits per heavy atom. The van der Waals surface area contributed by atoms with E-state index in [1.54, 1.807) is 4.90 Å². The van der Waals surface area contributed by atoms with E-state index in [4.69, 9.17) is 0 Å². The molecule has 0 saturated carbocycles. The minimum Gasteiger partial charge on any atom is -0.303 e. The molecular formula is C20H18F3NO2S. The van der Waals surface area contributed by atoms with E-state index in [0.717, 1.165) is 53.6 Å². The number of fused-ring (bicyclic) bond motifs is 1. The maximum absolute atomic E-state index is 13.2. The number of benzene rings is 2. The highest BCUT2D eigenvalue weighted by Gasteiger charge is 2.23. The number of carbonyl (C=O) groups excluding carboxylic acids is 2. The summed E-state index contributed by atoms with van der Waals surface area (Å²) in [5, 5.41) is -0.232. The Bertz CT molecular complexity index is 878. The number of Topliss-reactive ketones (excluding diaryl/α,β-unsaturated/α-hetero) is 1. The van der Waals surface area contributed by atoms with Crippen molar-refractivity contribution in [3.8, 4) is 0 Å². The molecule has 0 fully saturated rings. The Morgan fingerprint density at radius 3 is 2.52 bits per heavy atom. The number of carbonyl (C=O) groups is 2. The zero-order valence-corrected chi connectivity index (χ0v) is 15.5. The van der Waals surface area contributed by atoms with Crippen LogP contribution in [0.4, 0.5) is 23.7 Å². The van der Waals surface area contributed by atoms with Crippen LogP contribution in [0.5, 0.6) is 0 Å². The van der Waals surface area contributed by atoms with Crippen molar-refractivity contribution >= 4 is 28.5 Å². The van der Waals surface area contributed by atoms with Crippen LogP contribution in [0.2, 0.25) is 0 Å². The van der Waals surface area contributed by atoms with Gasteiger partial charge in [0.1, 0.15) is 5.78 Å². The third-order valence-electron chi connectivity index (χ3n) is 4.38. The molecule has 142 valence electrons. The van der Waals surface area contributed by atoms with Crippen LogP contribution in [0.1, 0.15) is 23.1 Å². The maximum atomic E-state index is 13.2. The normalized spacial score (nSPS) is 13.4. The van der Waals surface area contributed by atoms with E-state index in [-0.39, 0.29) is 28.8 Å². The third-order valence-corrected chi connectivity index (χ3v) is 5.31. The predicted octanol–water partition coefficient (Wildman–Crippen LogP) is 4.83. The second-order valence-corrected chi connectivity index (χ2v) is 7.46. The standard InChI is InChI=1S/C20H18F3NO2S/c1-12-4-5-18-14(7-12)3-2-6-24(18)20(26)27-11-15(25)8-13-9-16(21)19(23)17(22)10-13/h4-5,7,9-10H,2-3,6,8,11H2,1H3. The Kier molecular flexibility index (Phi) is 5.89. The van der Waals surface area contributed by atoms with Gasteiger partial charge >= 0.3 is 0 Å². The van der Waals surface area contributed by atoms with Crippen LogP contribution in [-0.2, 0) is 17.6 Å². The smallest absolute Gasteiger partial charge is 0.286 e. The predicted molar refractivity (Wildman–Crippen MR) is 99.7 cm³/mol. The average Bonchev–Trinajstić information content (AvgIpc) is 2.63. The van der Waals surface area contributed by atoms with E-state index in [1.165, 1.54) is 0 Å². The molecule has 0 unspecified atom stereocenters. The minimum absolute atomic E-state index is 0.0447. The van der Waals surface area contributed by atoms with Gasteiger partial charge in [-0.3, -0.25) is 9.59 Å². The molecule has 3 rings (SSSR count). The number of rotatable bonds is 4. The fraction of sp³-hybridized carbons (Fsp3) is 0.300. The lowest BCUT2D eigenvalue weighted by molar-refractivity contribution is -0.116. The van der Waals surface area contributed by atoms with Crippen LogP contribution >= 0.6 is 11.8 Å². The van der Waals surface area contributed by atoms with Crippen molar-refractivity contribution in [2.45, 2.75) is 26.2 Å². The number of hydrogen-bond donors (Lipinski definition) is 0. The summed E-state index contributed by atoms with van der Waals surface area (Å²) in [6, 6.07) is 7.51. The zero-order valence-electron chi connectivity index (χ0n) is 14.7. The summed E-state index contributed by atoms with van der Waals surface area (Å²) >= 11 is 0.866. The van der Waals surface area contributed by atoms with E-state index >= 15 is 0 Å². The van der Waals surface area contributed by atoms with Crippen molar-refractivity contribution in [2.75, 3.05) is 17.2 Å². The molecule has 0 N–H and O–H groups in total. The monoisotopic (exact) mass is 393 g/mol. The molecule has 1 aliphatic rings. The van der Waals surface area contributed by atoms with Gasteiger partial charge in [-0.15, -0.1) is 0 Å². The molecule has 27 heavy (non-hydrogen) atoms. The number of hydrogen-bond acceptors (Lipinski definition) is 3. The van der Waals surface area contributed by atoms with Crippen molar-refractivity contribution in [1.82, 2.24) is 0 Å². The molecule has 0 radical (unpaired) electrons. The summed E-state index contributed by atoms with van der Waals surface area (Å²) in [6.07, 6.45) is 1.50. The average molecular weight is 393 g/mol. The molecule has 3 nitrogen and oxygen atoms in total. The van der Waals surface area contributed by atoms with Crippen LogP contribution in [0.25, 0.3) is 0 Å². The lowest BCUT2D eigenvalue weighted by Crippen LogP contribution is -2.33. The molecule has 0 aliphatic carbocycles. The van der Waals surface area contributed by atoms with Gasteiger partial charge in [0.2, 0.25) is 0 Å². The van der Waals surface area contributed by atoms with Crippen molar-refractivity contribution in [3.05, 3.63) is 64.5 Å². The summed E-state index contributed by atoms with van der Waals surface area (Å²) < 4.78 is 39.4. The van der Waals surface area contributed by atoms with Gasteiger partial charge in [0.15, 0.2) is 17.5 Å². The first-order chi connectivity index (χ1) is 12.8. The van der Waals surface area contributed by atoms with Crippen molar-refractivity contribution in [1.29, 1.82) is 0 Å². The molecule has 2 aromatic carbocycles. The van der Waals surface area contributed by atoms with Crippen LogP contribution < -0.4 is 4.90 Å². The van der Waals surface area contributed by atoms with Crippen LogP contribution in [0, 0.1) is 24.4 Å². The summed E-state index contributed by atoms with van der Waals surface area (Å²) in [5.41, 5.74) is 3.14. The second-order valence-electron chi connectivity index (χ2n) is 6.53. The largest absolute Gasteiger partial charge is 0.303 e. The van der Waals surface area contributed by atoms with Gasteiger partial charge in [0.25, 0.3) is 5.24 Å². The summed E-state index contributed by atoms with van der Waals surface area (Å²) in [7, 11) is 0. The van der Waals surface area contributed by atoms with E-state index in [2.05, 4.69) is 6.07 Å². The summed E-state index contributed by atoms with van der Waals surface area (Å²) in [6.45, 7) is 2.58. The third kappa shape index (κ3) is 4.53. The van der Waals surface area contributed by atoms with Gasteiger partial charge in [-0.05, 0) is 49.1 Å². The fourth-order valence-corrected chi connectivity index (χ4v) is 3.86. The van der Waals surface area contributed by atoms with Gasteiger partial charge < -0.3 is 4.90 Å². The van der Waals surface area contributed by atoms with Crippen molar-refractivity contribution in [2.24, 2.45) is 0 Å². The van der Waals surface area contributed by atoms with Gasteiger partial charge in [0, 0.05) is 18.7 Å². The van der Waals surface area contributed by atoms with E-state index in [0.29, 0.717) is 6.54 Å². The van der Waals surface area contributed by atoms with Gasteiger partial charge in [-0.2, -0.15) is 0 Å². The summed E-state index contributed by atoms with van der Waals surface area (Å²) in [4.78, 5) is 26.3. The molecule has 0 bridgehead atoms. The first-order valence-electron chi connectivity index (χ1n) is 8.54. The first kappa shape index (κ1) is 19.5. The first-order valence-corrected chi connectivity index (χ1v) is 9.52. The molecule has 2 aromatic rings. The second kappa shape index (κ2) is 8.17. The van der Waals surface area contributed by atoms with Gasteiger partial charge in [-0.25, -0.2) is 13.2 Å². The molecular weight excluding hydrogens is 375 g/mol. The molecule has 7 heteroatoms. The Hall–Kier alpha value is -2.28. The highest BCUT2D eigenvalue weighted by Crippen LogP contribution is 2.30. The number of halogens is 3. The van der Waals surface area contributed by atoms with E-state index < -0.39 is 17.5 Å². The molecule has 1 heterocycles. The van der Waals surface area contributed by atoms with Crippen molar-refractivity contribution in [3.63, 3.8) is 0 Å². The van der Waals surface area contributed by atoms with Gasteiger partial charge in [-0.1, -0.05) is 29.5 Å². The number of amides is 1. The number of thioether (sulfide) groups is 1. The van der Waals surface area contributed by atoms with E-state index in [9.17, 15) is 22.8 Å². The molecule has 0 atom stereocenters. The quantitative estimate of drug-likeness (QED) is 0.699. The fourth-order valence-electron chi connectivity index (χ4n) is 3.12. The zero-order chi connectivity index (χ0) is 19.6. The highest BCUT2D eigenvalue weighted by atomic mass is 32.2. The number of ketones is 1. The van der Waals surface area contributed by atoms with Crippen LogP contribution in [0.15, 0.2) is 30.3 Å². The lowest BCUT2D eigenvalue weighted by atomic mass is 10.0. The minimum atomic E-state index is -1.56. The number of aryl methyl sites for hydroxylation is 2. The SMILES string of the molecule is Cc1ccc2c(c1)CCCN2C(=O)SCC(=O)Cc1cc(F)c(F)c(F)c1. The molecule has 0 saturated heterocycles. The topological polar surface area (TPSA) is 37.4 Å². The molecule has 0 aromatic heterocycles. The van der Waals surface area contributed by atoms with Crippen LogP contribution in [0.3, 0.4) is 0 Å².